The standard InChI is InChI=1S/C14H7NO3.Al/c16-12-9-6-5-8-7-3-1-2-4-10(7)18-13(8)11(9)15-14(12)17;/h1-6H,(H,15,16,17);/q;+1/p-1. The van der Waals surface area contributed by atoms with Crippen molar-refractivity contribution in [1.82, 2.24) is 0 Å². The Morgan fingerprint density at radius 1 is 1.00 bits per heavy atom. The second kappa shape index (κ2) is 3.47. The number of para-hydroxylation sites is 1. The predicted molar refractivity (Wildman–Crippen MR) is 71.3 cm³/mol. The first-order chi connectivity index (χ1) is 9.18. The van der Waals surface area contributed by atoms with Crippen LogP contribution in [0.2, 0.25) is 0 Å². The average Bonchev–Trinajstić information content (AvgIpc) is 2.91. The third-order valence-corrected chi connectivity index (χ3v) is 3.91. The van der Waals surface area contributed by atoms with Crippen LogP contribution in [0.1, 0.15) is 10.4 Å². The van der Waals surface area contributed by atoms with Crippen LogP contribution in [0.25, 0.3) is 21.9 Å². The van der Waals surface area contributed by atoms with Gasteiger partial charge in [0.1, 0.15) is 5.58 Å². The van der Waals surface area contributed by atoms with Gasteiger partial charge in [-0.3, -0.25) is 9.59 Å². The molecule has 4 rings (SSSR count). The number of Topliss-reactive ketones (excluding diaryl/α,β-unsaturated/α-hetero) is 1. The minimum absolute atomic E-state index is 0.395. The average molecular weight is 263 g/mol. The van der Waals surface area contributed by atoms with E-state index in [9.17, 15) is 9.59 Å². The van der Waals surface area contributed by atoms with Gasteiger partial charge in [-0.2, -0.15) is 0 Å². The van der Waals surface area contributed by atoms with E-state index in [1.807, 2.05) is 30.3 Å². The number of carbonyl (C=O) groups excluding carboxylic acids is 2. The Morgan fingerprint density at radius 2 is 1.79 bits per heavy atom. The highest BCUT2D eigenvalue weighted by molar-refractivity contribution is 6.61. The first kappa shape index (κ1) is 10.8. The van der Waals surface area contributed by atoms with Gasteiger partial charge in [0.2, 0.25) is 5.78 Å². The molecule has 19 heavy (non-hydrogen) atoms. The summed E-state index contributed by atoms with van der Waals surface area (Å²) in [6.07, 6.45) is 0. The fraction of sp³-hybridized carbons (Fsp3) is 0. The molecule has 5 heteroatoms. The fourth-order valence-electron chi connectivity index (χ4n) is 2.52. The van der Waals surface area contributed by atoms with Gasteiger partial charge in [-0.05, 0) is 18.2 Å². The number of hydrogen-bond acceptors (Lipinski definition) is 3. The number of anilines is 1. The minimum atomic E-state index is -0.548. The largest absolute Gasteiger partial charge is 0.454 e. The molecule has 1 aliphatic rings. The number of benzene rings is 2. The van der Waals surface area contributed by atoms with Gasteiger partial charge < -0.3 is 8.30 Å². The van der Waals surface area contributed by atoms with E-state index in [2.05, 4.69) is 16.5 Å². The summed E-state index contributed by atoms with van der Waals surface area (Å²) in [5.41, 5.74) is 2.25. The molecule has 2 heterocycles. The lowest BCUT2D eigenvalue weighted by Gasteiger charge is -2.10. The molecule has 0 fully saturated rings. The van der Waals surface area contributed by atoms with Crippen molar-refractivity contribution < 1.29 is 14.0 Å². The maximum Gasteiger partial charge on any atom is 0.323 e. The monoisotopic (exact) mass is 263 g/mol. The molecular formula is C14H6AlNO3. The first-order valence-electron chi connectivity index (χ1n) is 5.76. The van der Waals surface area contributed by atoms with E-state index in [-0.39, 0.29) is 0 Å². The minimum Gasteiger partial charge on any atom is -0.454 e. The van der Waals surface area contributed by atoms with Crippen LogP contribution < -0.4 is 3.88 Å². The number of nitrogens with zero attached hydrogens (tertiary/aromatic N) is 1. The Balaban J connectivity index is 2.21. The van der Waals surface area contributed by atoms with E-state index >= 15 is 0 Å². The molecule has 2 aromatic carbocycles. The first-order valence-corrected chi connectivity index (χ1v) is 6.28. The molecule has 0 aliphatic carbocycles. The molecule has 1 aromatic heterocycles. The molecule has 1 amide bonds. The normalized spacial score (nSPS) is 14.6. The molecule has 4 nitrogen and oxygen atoms in total. The van der Waals surface area contributed by atoms with Gasteiger partial charge in [0, 0.05) is 10.8 Å². The molecule has 0 saturated carbocycles. The van der Waals surface area contributed by atoms with Gasteiger partial charge in [0.05, 0.1) is 11.3 Å². The zero-order valence-corrected chi connectivity index (χ0v) is 10.9. The van der Waals surface area contributed by atoms with Crippen LogP contribution in [0.4, 0.5) is 5.69 Å². The van der Waals surface area contributed by atoms with E-state index in [4.69, 9.17) is 4.42 Å². The van der Waals surface area contributed by atoms with E-state index in [0.29, 0.717) is 16.8 Å². The SMILES string of the molecule is O=C1C(=O)[N]([Al])c2c1ccc1c2oc2ccccc21. The Labute approximate surface area is 116 Å². The molecule has 0 N–H and O–H groups in total. The van der Waals surface area contributed by atoms with Crippen molar-refractivity contribution in [1.29, 1.82) is 0 Å². The number of hydrogen-bond donors (Lipinski definition) is 0. The molecule has 2 radical (unpaired) electrons. The highest BCUT2D eigenvalue weighted by Gasteiger charge is 2.34. The van der Waals surface area contributed by atoms with Crippen molar-refractivity contribution >= 4 is 55.8 Å². The molecule has 0 bridgehead atoms. The third-order valence-electron chi connectivity index (χ3n) is 3.42. The van der Waals surface area contributed by atoms with Crippen molar-refractivity contribution in [3.05, 3.63) is 42.0 Å². The number of amides is 1. The highest BCUT2D eigenvalue weighted by atomic mass is 27.1. The Kier molecular flexibility index (Phi) is 1.98. The van der Waals surface area contributed by atoms with Crippen molar-refractivity contribution in [2.24, 2.45) is 0 Å². The van der Waals surface area contributed by atoms with Crippen LogP contribution in [-0.4, -0.2) is 28.2 Å². The van der Waals surface area contributed by atoms with Gasteiger partial charge >= 0.3 is 16.5 Å². The van der Waals surface area contributed by atoms with Crippen molar-refractivity contribution in [3.63, 3.8) is 0 Å². The lowest BCUT2D eigenvalue weighted by molar-refractivity contribution is -0.113. The zero-order valence-electron chi connectivity index (χ0n) is 9.71. The van der Waals surface area contributed by atoms with Crippen molar-refractivity contribution in [2.75, 3.05) is 3.88 Å². The van der Waals surface area contributed by atoms with Gasteiger partial charge in [0.15, 0.2) is 5.58 Å². The fourth-order valence-corrected chi connectivity index (χ4v) is 2.90. The second-order valence-corrected chi connectivity index (χ2v) is 4.96. The zero-order chi connectivity index (χ0) is 13.1. The third kappa shape index (κ3) is 1.24. The molecule has 0 spiro atoms. The van der Waals surface area contributed by atoms with E-state index < -0.39 is 11.7 Å². The summed E-state index contributed by atoms with van der Waals surface area (Å²) in [5, 5.41) is 1.88. The van der Waals surface area contributed by atoms with E-state index in [0.717, 1.165) is 16.4 Å². The molecule has 1 aliphatic heterocycles. The van der Waals surface area contributed by atoms with Gasteiger partial charge in [0.25, 0.3) is 5.91 Å². The summed E-state index contributed by atoms with van der Waals surface area (Å²) in [7, 11) is 0. The predicted octanol–water partition coefficient (Wildman–Crippen LogP) is 2.20. The Hall–Kier alpha value is -2.09. The Bertz CT molecular complexity index is 881. The van der Waals surface area contributed by atoms with Crippen molar-refractivity contribution in [3.8, 4) is 0 Å². The molecule has 88 valence electrons. The summed E-state index contributed by atoms with van der Waals surface area (Å²) >= 11 is 2.28. The molecular weight excluding hydrogens is 257 g/mol. The van der Waals surface area contributed by atoms with Crippen LogP contribution in [0.3, 0.4) is 0 Å². The van der Waals surface area contributed by atoms with Crippen LogP contribution in [0.15, 0.2) is 40.8 Å². The number of ketones is 1. The molecule has 0 unspecified atom stereocenters. The maximum atomic E-state index is 11.8. The van der Waals surface area contributed by atoms with Crippen molar-refractivity contribution in [2.45, 2.75) is 0 Å². The highest BCUT2D eigenvalue weighted by Crippen LogP contribution is 2.39. The van der Waals surface area contributed by atoms with E-state index in [1.54, 1.807) is 6.07 Å². The summed E-state index contributed by atoms with van der Waals surface area (Å²) in [5.74, 6) is -1.04. The second-order valence-electron chi connectivity index (χ2n) is 4.44. The topological polar surface area (TPSA) is 50.5 Å². The van der Waals surface area contributed by atoms with Crippen LogP contribution in [0.5, 0.6) is 0 Å². The van der Waals surface area contributed by atoms with Gasteiger partial charge in [-0.25, -0.2) is 0 Å². The smallest absolute Gasteiger partial charge is 0.323 e. The summed E-state index contributed by atoms with van der Waals surface area (Å²) < 4.78 is 7.08. The maximum absolute atomic E-state index is 11.8. The Morgan fingerprint density at radius 3 is 2.63 bits per heavy atom. The number of furan rings is 1. The number of fused-ring (bicyclic) bond motifs is 5. The molecule has 3 aromatic rings. The molecule has 0 saturated heterocycles. The lowest BCUT2D eigenvalue weighted by Crippen LogP contribution is -2.26. The van der Waals surface area contributed by atoms with Crippen LogP contribution in [-0.2, 0) is 4.79 Å². The summed E-state index contributed by atoms with van der Waals surface area (Å²) in [6.45, 7) is 0. The quantitative estimate of drug-likeness (QED) is 0.461. The van der Waals surface area contributed by atoms with Gasteiger partial charge in [-0.1, -0.05) is 18.2 Å². The van der Waals surface area contributed by atoms with E-state index in [1.165, 1.54) is 3.88 Å². The van der Waals surface area contributed by atoms with Crippen LogP contribution >= 0.6 is 0 Å². The summed E-state index contributed by atoms with van der Waals surface area (Å²) in [4.78, 5) is 23.6. The lowest BCUT2D eigenvalue weighted by atomic mass is 10.1. The molecule has 0 atom stereocenters. The number of carbonyl (C=O) groups is 2. The van der Waals surface area contributed by atoms with Gasteiger partial charge in [-0.15, -0.1) is 0 Å². The number of rotatable bonds is 0. The summed E-state index contributed by atoms with van der Waals surface area (Å²) in [6, 6.07) is 11.2. The van der Waals surface area contributed by atoms with Crippen LogP contribution in [0, 0.1) is 0 Å².